The third-order valence-corrected chi connectivity index (χ3v) is 3.56. The Hall–Kier alpha value is -2.53. The Kier molecular flexibility index (Phi) is 3.75. The van der Waals surface area contributed by atoms with Crippen LogP contribution in [0, 0.1) is 0 Å². The van der Waals surface area contributed by atoms with Crippen LogP contribution in [0.2, 0.25) is 0 Å². The van der Waals surface area contributed by atoms with E-state index in [0.717, 1.165) is 5.56 Å². The molecule has 1 aromatic heterocycles. The van der Waals surface area contributed by atoms with Crippen molar-refractivity contribution in [1.29, 1.82) is 0 Å². The number of nitrogens with two attached hydrogens (primary N) is 1. The minimum absolute atomic E-state index is 0.140. The fourth-order valence-electron chi connectivity index (χ4n) is 2.49. The zero-order valence-corrected chi connectivity index (χ0v) is 11.5. The van der Waals surface area contributed by atoms with Crippen molar-refractivity contribution in [2.45, 2.75) is 19.0 Å². The molecule has 0 radical (unpaired) electrons. The second-order valence-corrected chi connectivity index (χ2v) is 5.01. The standard InChI is InChI=1S/C16H15N3O2/c20-15-9-14(18-11-12-5-4-8-17-10-12)16(21)19(15)13-6-2-1-3-7-13/h1-8,10,14,18H,9,11H2/p+1/t14-/m1/s1. The predicted molar refractivity (Wildman–Crippen MR) is 77.2 cm³/mol. The van der Waals surface area contributed by atoms with Crippen molar-refractivity contribution in [3.63, 3.8) is 0 Å². The zero-order valence-electron chi connectivity index (χ0n) is 11.5. The highest BCUT2D eigenvalue weighted by atomic mass is 16.2. The average molecular weight is 282 g/mol. The number of carbonyl (C=O) groups is 2. The molecule has 2 aromatic rings. The summed E-state index contributed by atoms with van der Waals surface area (Å²) in [4.78, 5) is 29.8. The van der Waals surface area contributed by atoms with Gasteiger partial charge in [0, 0.05) is 18.0 Å². The number of rotatable bonds is 4. The van der Waals surface area contributed by atoms with E-state index in [2.05, 4.69) is 4.98 Å². The first-order valence-electron chi connectivity index (χ1n) is 6.90. The van der Waals surface area contributed by atoms with Gasteiger partial charge in [0.1, 0.15) is 6.54 Å². The summed E-state index contributed by atoms with van der Waals surface area (Å²) in [5.41, 5.74) is 1.68. The molecule has 21 heavy (non-hydrogen) atoms. The first-order valence-corrected chi connectivity index (χ1v) is 6.90. The number of pyridine rings is 1. The van der Waals surface area contributed by atoms with Crippen LogP contribution in [0.5, 0.6) is 0 Å². The lowest BCUT2D eigenvalue weighted by molar-refractivity contribution is -0.690. The Morgan fingerprint density at radius 1 is 1.14 bits per heavy atom. The third kappa shape index (κ3) is 2.83. The van der Waals surface area contributed by atoms with Crippen molar-refractivity contribution in [2.24, 2.45) is 0 Å². The number of benzene rings is 1. The first kappa shape index (κ1) is 13.5. The number of aromatic nitrogens is 1. The van der Waals surface area contributed by atoms with E-state index in [1.54, 1.807) is 24.5 Å². The van der Waals surface area contributed by atoms with Crippen molar-refractivity contribution in [3.8, 4) is 0 Å². The Balaban J connectivity index is 1.69. The molecular weight excluding hydrogens is 266 g/mol. The molecule has 1 saturated heterocycles. The minimum atomic E-state index is -0.349. The number of nitrogens with zero attached hydrogens (tertiary/aromatic N) is 2. The number of anilines is 1. The Bertz CT molecular complexity index is 643. The Morgan fingerprint density at radius 3 is 2.67 bits per heavy atom. The second-order valence-electron chi connectivity index (χ2n) is 5.01. The molecule has 106 valence electrons. The van der Waals surface area contributed by atoms with Gasteiger partial charge in [-0.3, -0.25) is 14.6 Å². The summed E-state index contributed by atoms with van der Waals surface area (Å²) in [6, 6.07) is 12.5. The fraction of sp³-hybridized carbons (Fsp3) is 0.188. The summed E-state index contributed by atoms with van der Waals surface area (Å²) in [6.45, 7) is 0.639. The molecule has 0 bridgehead atoms. The number of quaternary nitrogens is 1. The molecule has 1 fully saturated rings. The summed E-state index contributed by atoms with van der Waals surface area (Å²) >= 11 is 0. The van der Waals surface area contributed by atoms with Crippen molar-refractivity contribution in [3.05, 3.63) is 60.4 Å². The van der Waals surface area contributed by atoms with Crippen LogP contribution in [-0.2, 0) is 16.1 Å². The molecule has 5 heteroatoms. The van der Waals surface area contributed by atoms with Crippen molar-refractivity contribution >= 4 is 17.5 Å². The minimum Gasteiger partial charge on any atom is -0.332 e. The molecule has 0 unspecified atom stereocenters. The SMILES string of the molecule is O=C1C[C@@H]([NH2+]Cc2cccnc2)C(=O)N1c1ccccc1. The van der Waals surface area contributed by atoms with E-state index in [0.29, 0.717) is 12.2 Å². The Labute approximate surface area is 122 Å². The summed E-state index contributed by atoms with van der Waals surface area (Å²) < 4.78 is 0. The summed E-state index contributed by atoms with van der Waals surface area (Å²) in [5.74, 6) is -0.284. The molecule has 1 aromatic carbocycles. The highest BCUT2D eigenvalue weighted by Crippen LogP contribution is 2.20. The molecule has 2 amide bonds. The van der Waals surface area contributed by atoms with Crippen LogP contribution in [0.3, 0.4) is 0 Å². The van der Waals surface area contributed by atoms with Crippen LogP contribution in [0.25, 0.3) is 0 Å². The number of hydrogen-bond donors (Lipinski definition) is 1. The van der Waals surface area contributed by atoms with Gasteiger partial charge in [0.25, 0.3) is 5.91 Å². The van der Waals surface area contributed by atoms with Crippen LogP contribution in [-0.4, -0.2) is 22.8 Å². The largest absolute Gasteiger partial charge is 0.332 e. The van der Waals surface area contributed by atoms with Gasteiger partial charge in [-0.25, -0.2) is 4.90 Å². The molecule has 0 saturated carbocycles. The quantitative estimate of drug-likeness (QED) is 0.829. The molecule has 1 aliphatic rings. The number of hydrogen-bond acceptors (Lipinski definition) is 3. The van der Waals surface area contributed by atoms with Crippen LogP contribution in [0.1, 0.15) is 12.0 Å². The van der Waals surface area contributed by atoms with E-state index in [-0.39, 0.29) is 24.3 Å². The normalized spacial score (nSPS) is 18.3. The molecule has 0 aliphatic carbocycles. The molecule has 2 heterocycles. The number of para-hydroxylation sites is 1. The van der Waals surface area contributed by atoms with Crippen molar-refractivity contribution < 1.29 is 14.9 Å². The van der Waals surface area contributed by atoms with Gasteiger partial charge in [-0.1, -0.05) is 24.3 Å². The predicted octanol–water partition coefficient (Wildman–Crippen LogP) is 0.477. The molecule has 1 atom stereocenters. The Morgan fingerprint density at radius 2 is 1.95 bits per heavy atom. The van der Waals surface area contributed by atoms with Crippen LogP contribution >= 0.6 is 0 Å². The van der Waals surface area contributed by atoms with Gasteiger partial charge in [0.05, 0.1) is 12.1 Å². The zero-order chi connectivity index (χ0) is 14.7. The summed E-state index contributed by atoms with van der Waals surface area (Å²) in [6.07, 6.45) is 3.73. The molecule has 1 aliphatic heterocycles. The van der Waals surface area contributed by atoms with Crippen LogP contribution in [0.4, 0.5) is 5.69 Å². The van der Waals surface area contributed by atoms with E-state index in [4.69, 9.17) is 0 Å². The van der Waals surface area contributed by atoms with Gasteiger partial charge in [-0.2, -0.15) is 0 Å². The van der Waals surface area contributed by atoms with Gasteiger partial charge in [-0.05, 0) is 18.2 Å². The highest BCUT2D eigenvalue weighted by Gasteiger charge is 2.41. The topological polar surface area (TPSA) is 66.9 Å². The monoisotopic (exact) mass is 282 g/mol. The van der Waals surface area contributed by atoms with E-state index in [9.17, 15) is 9.59 Å². The molecule has 3 rings (SSSR count). The lowest BCUT2D eigenvalue weighted by Crippen LogP contribution is -2.90. The maximum atomic E-state index is 12.4. The number of carbonyl (C=O) groups excluding carboxylic acids is 2. The van der Waals surface area contributed by atoms with Crippen LogP contribution in [0.15, 0.2) is 54.9 Å². The maximum absolute atomic E-state index is 12.4. The third-order valence-electron chi connectivity index (χ3n) is 3.56. The first-order chi connectivity index (χ1) is 10.3. The highest BCUT2D eigenvalue weighted by molar-refractivity contribution is 6.21. The van der Waals surface area contributed by atoms with E-state index in [1.807, 2.05) is 35.6 Å². The number of amides is 2. The molecule has 5 nitrogen and oxygen atoms in total. The van der Waals surface area contributed by atoms with E-state index < -0.39 is 0 Å². The van der Waals surface area contributed by atoms with Gasteiger partial charge in [0.15, 0.2) is 6.04 Å². The van der Waals surface area contributed by atoms with Crippen LogP contribution < -0.4 is 10.2 Å². The lowest BCUT2D eigenvalue weighted by atomic mass is 10.2. The fourth-order valence-corrected chi connectivity index (χ4v) is 2.49. The van der Waals surface area contributed by atoms with Crippen molar-refractivity contribution in [1.82, 2.24) is 4.98 Å². The lowest BCUT2D eigenvalue weighted by Gasteiger charge is -2.13. The molecule has 0 spiro atoms. The van der Waals surface area contributed by atoms with Gasteiger partial charge in [0.2, 0.25) is 5.91 Å². The van der Waals surface area contributed by atoms with E-state index in [1.165, 1.54) is 4.90 Å². The van der Waals surface area contributed by atoms with Crippen molar-refractivity contribution in [2.75, 3.05) is 4.90 Å². The van der Waals surface area contributed by atoms with Gasteiger partial charge < -0.3 is 5.32 Å². The number of imide groups is 1. The average Bonchev–Trinajstić information content (AvgIpc) is 2.81. The maximum Gasteiger partial charge on any atom is 0.292 e. The smallest absolute Gasteiger partial charge is 0.292 e. The second kappa shape index (κ2) is 5.85. The van der Waals surface area contributed by atoms with Gasteiger partial charge in [-0.15, -0.1) is 0 Å². The van der Waals surface area contributed by atoms with Gasteiger partial charge >= 0.3 is 0 Å². The summed E-state index contributed by atoms with van der Waals surface area (Å²) in [7, 11) is 0. The summed E-state index contributed by atoms with van der Waals surface area (Å²) in [5, 5.41) is 1.90. The van der Waals surface area contributed by atoms with E-state index >= 15 is 0 Å². The molecule has 2 N–H and O–H groups in total. The molecular formula is C16H16N3O2+.